The van der Waals surface area contributed by atoms with Crippen LogP contribution < -0.4 is 10.2 Å². The predicted octanol–water partition coefficient (Wildman–Crippen LogP) is 1.52. The van der Waals surface area contributed by atoms with Crippen LogP contribution >= 0.6 is 0 Å². The van der Waals surface area contributed by atoms with Crippen LogP contribution in [0.4, 0.5) is 10.1 Å². The van der Waals surface area contributed by atoms with Gasteiger partial charge in [0.15, 0.2) is 0 Å². The third kappa shape index (κ3) is 2.38. The van der Waals surface area contributed by atoms with Gasteiger partial charge in [0.05, 0.1) is 11.3 Å². The van der Waals surface area contributed by atoms with E-state index in [9.17, 15) is 14.0 Å². The zero-order valence-corrected chi connectivity index (χ0v) is 11.3. The van der Waals surface area contributed by atoms with E-state index in [1.807, 2.05) is 14.0 Å². The van der Waals surface area contributed by atoms with Crippen molar-refractivity contribution >= 4 is 17.4 Å². The Kier molecular flexibility index (Phi) is 3.66. The molecular weight excluding hydrogens is 247 g/mol. The maximum absolute atomic E-state index is 14.0. The standard InChI is InChI=1S/C14H17FN2O2/c1-8-4-10-12(11(15)5-8)17(14(19)13(10)18)7-9(2)6-16-3/h4-5,9,16H,6-7H2,1-3H3. The summed E-state index contributed by atoms with van der Waals surface area (Å²) in [4.78, 5) is 25.1. The summed E-state index contributed by atoms with van der Waals surface area (Å²) < 4.78 is 14.0. The van der Waals surface area contributed by atoms with Crippen LogP contribution in [-0.4, -0.2) is 31.8 Å². The van der Waals surface area contributed by atoms with Gasteiger partial charge >= 0.3 is 0 Å². The number of benzene rings is 1. The van der Waals surface area contributed by atoms with Gasteiger partial charge in [0.25, 0.3) is 11.7 Å². The normalized spacial score (nSPS) is 15.9. The van der Waals surface area contributed by atoms with E-state index in [1.165, 1.54) is 11.0 Å². The minimum Gasteiger partial charge on any atom is -0.319 e. The minimum atomic E-state index is -0.637. The van der Waals surface area contributed by atoms with Crippen LogP contribution in [-0.2, 0) is 4.79 Å². The molecule has 19 heavy (non-hydrogen) atoms. The first-order valence-corrected chi connectivity index (χ1v) is 6.26. The molecule has 0 saturated heterocycles. The van der Waals surface area contributed by atoms with E-state index in [0.29, 0.717) is 18.7 Å². The SMILES string of the molecule is CNCC(C)CN1C(=O)C(=O)c2cc(C)cc(F)c21. The highest BCUT2D eigenvalue weighted by molar-refractivity contribution is 6.52. The molecule has 1 heterocycles. The summed E-state index contributed by atoms with van der Waals surface area (Å²) in [6.07, 6.45) is 0. The average Bonchev–Trinajstić information content (AvgIpc) is 2.55. The van der Waals surface area contributed by atoms with Crippen LogP contribution in [0.5, 0.6) is 0 Å². The smallest absolute Gasteiger partial charge is 0.299 e. The first kappa shape index (κ1) is 13.7. The van der Waals surface area contributed by atoms with E-state index >= 15 is 0 Å². The second-order valence-corrected chi connectivity index (χ2v) is 5.05. The molecule has 1 aromatic carbocycles. The fourth-order valence-corrected chi connectivity index (χ4v) is 2.42. The zero-order valence-electron chi connectivity index (χ0n) is 11.3. The van der Waals surface area contributed by atoms with Crippen LogP contribution in [0.1, 0.15) is 22.8 Å². The van der Waals surface area contributed by atoms with Crippen molar-refractivity contribution in [3.05, 3.63) is 29.1 Å². The fourth-order valence-electron chi connectivity index (χ4n) is 2.42. The van der Waals surface area contributed by atoms with Crippen molar-refractivity contribution in [3.63, 3.8) is 0 Å². The van der Waals surface area contributed by atoms with Crippen LogP contribution in [0, 0.1) is 18.7 Å². The van der Waals surface area contributed by atoms with Gasteiger partial charge in [0, 0.05) is 6.54 Å². The maximum atomic E-state index is 14.0. The number of nitrogens with one attached hydrogen (secondary N) is 1. The number of hydrogen-bond donors (Lipinski definition) is 1. The lowest BCUT2D eigenvalue weighted by Gasteiger charge is -2.21. The van der Waals surface area contributed by atoms with Crippen molar-refractivity contribution in [1.29, 1.82) is 0 Å². The molecule has 0 bridgehead atoms. The monoisotopic (exact) mass is 264 g/mol. The molecule has 102 valence electrons. The van der Waals surface area contributed by atoms with E-state index in [2.05, 4.69) is 5.32 Å². The molecule has 4 nitrogen and oxygen atoms in total. The highest BCUT2D eigenvalue weighted by atomic mass is 19.1. The second kappa shape index (κ2) is 5.09. The lowest BCUT2D eigenvalue weighted by Crippen LogP contribution is -2.36. The van der Waals surface area contributed by atoms with Gasteiger partial charge in [-0.25, -0.2) is 4.39 Å². The second-order valence-electron chi connectivity index (χ2n) is 5.05. The Morgan fingerprint density at radius 2 is 2.05 bits per heavy atom. The predicted molar refractivity (Wildman–Crippen MR) is 70.9 cm³/mol. The van der Waals surface area contributed by atoms with Gasteiger partial charge in [-0.3, -0.25) is 9.59 Å². The molecule has 2 rings (SSSR count). The van der Waals surface area contributed by atoms with Crippen molar-refractivity contribution in [1.82, 2.24) is 5.32 Å². The number of rotatable bonds is 4. The molecule has 1 aliphatic rings. The first-order valence-electron chi connectivity index (χ1n) is 6.26. The van der Waals surface area contributed by atoms with Crippen molar-refractivity contribution in [2.75, 3.05) is 25.0 Å². The number of ketones is 1. The Bertz CT molecular complexity index is 542. The first-order chi connectivity index (χ1) is 8.95. The Labute approximate surface area is 111 Å². The molecule has 1 aromatic rings. The Morgan fingerprint density at radius 3 is 2.68 bits per heavy atom. The molecule has 0 radical (unpaired) electrons. The van der Waals surface area contributed by atoms with Crippen molar-refractivity contribution in [2.45, 2.75) is 13.8 Å². The summed E-state index contributed by atoms with van der Waals surface area (Å²) in [5.74, 6) is -1.63. The molecule has 0 aromatic heterocycles. The van der Waals surface area contributed by atoms with Crippen molar-refractivity contribution in [3.8, 4) is 0 Å². The van der Waals surface area contributed by atoms with Crippen LogP contribution in [0.15, 0.2) is 12.1 Å². The van der Waals surface area contributed by atoms with Gasteiger partial charge in [-0.15, -0.1) is 0 Å². The average molecular weight is 264 g/mol. The molecule has 0 aliphatic carbocycles. The number of hydrogen-bond acceptors (Lipinski definition) is 3. The number of halogens is 1. The number of fused-ring (bicyclic) bond motifs is 1. The summed E-state index contributed by atoms with van der Waals surface area (Å²) in [5.41, 5.74) is 0.949. The maximum Gasteiger partial charge on any atom is 0.299 e. The number of anilines is 1. The largest absolute Gasteiger partial charge is 0.319 e. The highest BCUT2D eigenvalue weighted by Crippen LogP contribution is 2.33. The van der Waals surface area contributed by atoms with E-state index in [-0.39, 0.29) is 17.2 Å². The van der Waals surface area contributed by atoms with Gasteiger partial charge in [0.2, 0.25) is 0 Å². The molecule has 1 amide bonds. The number of Topliss-reactive ketones (excluding diaryl/α,β-unsaturated/α-hetero) is 1. The Balaban J connectivity index is 2.39. The molecule has 1 unspecified atom stereocenters. The number of carbonyl (C=O) groups is 2. The number of amides is 1. The van der Waals surface area contributed by atoms with E-state index in [4.69, 9.17) is 0 Å². The molecule has 5 heteroatoms. The molecule has 1 aliphatic heterocycles. The van der Waals surface area contributed by atoms with E-state index in [1.54, 1.807) is 13.0 Å². The fraction of sp³-hybridized carbons (Fsp3) is 0.429. The molecule has 0 saturated carbocycles. The highest BCUT2D eigenvalue weighted by Gasteiger charge is 2.38. The van der Waals surface area contributed by atoms with Gasteiger partial charge in [-0.1, -0.05) is 6.92 Å². The third-order valence-corrected chi connectivity index (χ3v) is 3.21. The van der Waals surface area contributed by atoms with Gasteiger partial charge < -0.3 is 10.2 Å². The molecule has 1 atom stereocenters. The van der Waals surface area contributed by atoms with E-state index in [0.717, 1.165) is 0 Å². The van der Waals surface area contributed by atoms with Crippen LogP contribution in [0.3, 0.4) is 0 Å². The molecule has 0 spiro atoms. The summed E-state index contributed by atoms with van der Waals surface area (Å²) in [7, 11) is 1.81. The Morgan fingerprint density at radius 1 is 1.37 bits per heavy atom. The van der Waals surface area contributed by atoms with Gasteiger partial charge in [0.1, 0.15) is 5.82 Å². The van der Waals surface area contributed by atoms with Crippen LogP contribution in [0.25, 0.3) is 0 Å². The number of aryl methyl sites for hydroxylation is 1. The zero-order chi connectivity index (χ0) is 14.2. The van der Waals surface area contributed by atoms with Gasteiger partial charge in [-0.2, -0.15) is 0 Å². The van der Waals surface area contributed by atoms with Crippen molar-refractivity contribution in [2.24, 2.45) is 5.92 Å². The summed E-state index contributed by atoms with van der Waals surface area (Å²) in [6.45, 7) is 4.67. The lowest BCUT2D eigenvalue weighted by atomic mass is 10.1. The number of nitrogens with zero attached hydrogens (tertiary/aromatic N) is 1. The quantitative estimate of drug-likeness (QED) is 0.839. The lowest BCUT2D eigenvalue weighted by molar-refractivity contribution is -0.114. The number of carbonyl (C=O) groups excluding carboxylic acids is 2. The van der Waals surface area contributed by atoms with Crippen LogP contribution in [0.2, 0.25) is 0 Å². The third-order valence-electron chi connectivity index (χ3n) is 3.21. The summed E-state index contributed by atoms with van der Waals surface area (Å²) in [5, 5.41) is 3.00. The minimum absolute atomic E-state index is 0.128. The summed E-state index contributed by atoms with van der Waals surface area (Å²) in [6, 6.07) is 2.92. The Hall–Kier alpha value is -1.75. The topological polar surface area (TPSA) is 49.4 Å². The molecule has 0 fully saturated rings. The molecular formula is C14H17FN2O2. The summed E-state index contributed by atoms with van der Waals surface area (Å²) >= 11 is 0. The molecule has 1 N–H and O–H groups in total. The van der Waals surface area contributed by atoms with E-state index < -0.39 is 17.5 Å². The van der Waals surface area contributed by atoms with Gasteiger partial charge in [-0.05, 0) is 44.1 Å². The van der Waals surface area contributed by atoms with Crippen molar-refractivity contribution < 1.29 is 14.0 Å².